The fourth-order valence-corrected chi connectivity index (χ4v) is 4.32. The second-order valence-electron chi connectivity index (χ2n) is 6.72. The molecule has 0 bridgehead atoms. The number of rotatable bonds is 3. The number of hydrogen-bond acceptors (Lipinski definition) is 4. The summed E-state index contributed by atoms with van der Waals surface area (Å²) in [4.78, 5) is 26.0. The zero-order valence-corrected chi connectivity index (χ0v) is 14.1. The van der Waals surface area contributed by atoms with E-state index in [1.165, 1.54) is 6.08 Å². The lowest BCUT2D eigenvalue weighted by Gasteiger charge is -2.40. The Morgan fingerprint density at radius 1 is 1.08 bits per heavy atom. The van der Waals surface area contributed by atoms with Crippen molar-refractivity contribution >= 4 is 11.8 Å². The molecule has 4 rings (SSSR count). The van der Waals surface area contributed by atoms with Gasteiger partial charge < -0.3 is 9.84 Å². The van der Waals surface area contributed by atoms with E-state index >= 15 is 0 Å². The molecule has 0 amide bonds. The molecule has 1 N–H and O–H groups in total. The molecule has 3 atom stereocenters. The van der Waals surface area contributed by atoms with Gasteiger partial charge in [-0.05, 0) is 11.1 Å². The third kappa shape index (κ3) is 1.82. The Labute approximate surface area is 151 Å². The largest absolute Gasteiger partial charge is 0.443 e. The van der Waals surface area contributed by atoms with Crippen molar-refractivity contribution in [3.8, 4) is 0 Å². The number of carbonyl (C=O) groups is 2. The fraction of sp³-hybridized carbons (Fsp3) is 0.182. The van der Waals surface area contributed by atoms with Crippen molar-refractivity contribution in [1.29, 1.82) is 0 Å². The summed E-state index contributed by atoms with van der Waals surface area (Å²) in [6.45, 7) is 7.59. The van der Waals surface area contributed by atoms with Crippen molar-refractivity contribution < 1.29 is 19.4 Å². The highest BCUT2D eigenvalue weighted by Crippen LogP contribution is 2.59. The van der Waals surface area contributed by atoms with E-state index in [9.17, 15) is 14.7 Å². The monoisotopic (exact) mass is 346 g/mol. The van der Waals surface area contributed by atoms with Crippen LogP contribution in [0.2, 0.25) is 0 Å². The molecule has 1 aliphatic heterocycles. The number of benzene rings is 2. The van der Waals surface area contributed by atoms with Crippen LogP contribution in [-0.2, 0) is 15.1 Å². The molecule has 1 fully saturated rings. The number of Topliss-reactive ketones (excluding diaryl/α,β-unsaturated/α-hetero) is 1. The Hall–Kier alpha value is -2.98. The molecule has 2 aromatic rings. The standard InChI is InChI=1S/C22H18O4/c1-3-13-21(25)17-12-8-7-11-16(17)19(23)22(21)18(14(2)20(24)26-22)15-9-5-4-6-10-15/h3-12,18,25H,1-2,13H2/t18-,21-,22+/m1/s1. The van der Waals surface area contributed by atoms with Crippen LogP contribution in [0.25, 0.3) is 0 Å². The van der Waals surface area contributed by atoms with Gasteiger partial charge in [0.15, 0.2) is 0 Å². The molecule has 0 unspecified atom stereocenters. The van der Waals surface area contributed by atoms with Crippen LogP contribution in [0.5, 0.6) is 0 Å². The van der Waals surface area contributed by atoms with Crippen molar-refractivity contribution in [2.45, 2.75) is 23.5 Å². The lowest BCUT2D eigenvalue weighted by atomic mass is 9.68. The van der Waals surface area contributed by atoms with Crippen molar-refractivity contribution in [2.75, 3.05) is 0 Å². The minimum absolute atomic E-state index is 0.0691. The van der Waals surface area contributed by atoms with Gasteiger partial charge in [0.05, 0.1) is 5.92 Å². The first-order valence-corrected chi connectivity index (χ1v) is 8.42. The van der Waals surface area contributed by atoms with E-state index in [4.69, 9.17) is 4.74 Å². The average Bonchev–Trinajstić information content (AvgIpc) is 3.02. The summed E-state index contributed by atoms with van der Waals surface area (Å²) in [5.74, 6) is -1.85. The van der Waals surface area contributed by atoms with Gasteiger partial charge >= 0.3 is 5.97 Å². The van der Waals surface area contributed by atoms with Gasteiger partial charge in [0.1, 0.15) is 5.60 Å². The molecule has 1 aliphatic carbocycles. The van der Waals surface area contributed by atoms with E-state index in [2.05, 4.69) is 13.2 Å². The summed E-state index contributed by atoms with van der Waals surface area (Å²) in [6, 6.07) is 15.9. The minimum Gasteiger partial charge on any atom is -0.443 e. The predicted molar refractivity (Wildman–Crippen MR) is 96.6 cm³/mol. The van der Waals surface area contributed by atoms with Gasteiger partial charge in [-0.25, -0.2) is 4.79 Å². The molecule has 0 radical (unpaired) electrons. The highest BCUT2D eigenvalue weighted by Gasteiger charge is 2.72. The highest BCUT2D eigenvalue weighted by atomic mass is 16.6. The van der Waals surface area contributed by atoms with Crippen LogP contribution >= 0.6 is 0 Å². The van der Waals surface area contributed by atoms with E-state index in [1.807, 2.05) is 30.3 Å². The number of esters is 1. The van der Waals surface area contributed by atoms with Crippen LogP contribution in [0, 0.1) is 0 Å². The normalized spacial score (nSPS) is 29.7. The minimum atomic E-state index is -1.78. The van der Waals surface area contributed by atoms with Gasteiger partial charge in [-0.2, -0.15) is 0 Å². The van der Waals surface area contributed by atoms with Crippen LogP contribution < -0.4 is 0 Å². The summed E-state index contributed by atoms with van der Waals surface area (Å²) in [6.07, 6.45) is 1.60. The first-order valence-electron chi connectivity index (χ1n) is 8.42. The van der Waals surface area contributed by atoms with Gasteiger partial charge in [0, 0.05) is 17.6 Å². The molecular weight excluding hydrogens is 328 g/mol. The predicted octanol–water partition coefficient (Wildman–Crippen LogP) is 3.28. The van der Waals surface area contributed by atoms with Crippen molar-refractivity contribution in [2.24, 2.45) is 0 Å². The first-order chi connectivity index (χ1) is 12.5. The van der Waals surface area contributed by atoms with E-state index in [0.717, 1.165) is 0 Å². The summed E-state index contributed by atoms with van der Waals surface area (Å²) < 4.78 is 5.67. The van der Waals surface area contributed by atoms with Gasteiger partial charge in [0.2, 0.25) is 11.4 Å². The molecule has 2 aliphatic rings. The number of ether oxygens (including phenoxy) is 1. The number of hydrogen-bond donors (Lipinski definition) is 1. The zero-order valence-electron chi connectivity index (χ0n) is 14.1. The Kier molecular flexibility index (Phi) is 3.49. The summed E-state index contributed by atoms with van der Waals surface area (Å²) in [5.41, 5.74) is -1.81. The number of ketones is 1. The maximum absolute atomic E-state index is 13.5. The van der Waals surface area contributed by atoms with E-state index in [1.54, 1.807) is 24.3 Å². The van der Waals surface area contributed by atoms with Crippen molar-refractivity contribution in [3.05, 3.63) is 96.1 Å². The molecule has 0 aromatic heterocycles. The quantitative estimate of drug-likeness (QED) is 0.526. The summed E-state index contributed by atoms with van der Waals surface area (Å²) in [5, 5.41) is 11.7. The maximum atomic E-state index is 13.5. The summed E-state index contributed by atoms with van der Waals surface area (Å²) >= 11 is 0. The molecule has 130 valence electrons. The number of aliphatic hydroxyl groups is 1. The maximum Gasteiger partial charge on any atom is 0.335 e. The third-order valence-electron chi connectivity index (χ3n) is 5.41. The Morgan fingerprint density at radius 3 is 2.42 bits per heavy atom. The fourth-order valence-electron chi connectivity index (χ4n) is 4.32. The van der Waals surface area contributed by atoms with E-state index < -0.39 is 28.9 Å². The third-order valence-corrected chi connectivity index (χ3v) is 5.41. The zero-order chi connectivity index (χ0) is 18.5. The molecule has 1 saturated heterocycles. The molecular formula is C22H18O4. The van der Waals surface area contributed by atoms with Crippen LogP contribution in [-0.4, -0.2) is 22.5 Å². The Balaban J connectivity index is 2.04. The lowest BCUT2D eigenvalue weighted by molar-refractivity contribution is -0.168. The number of fused-ring (bicyclic) bond motifs is 1. The Morgan fingerprint density at radius 2 is 1.73 bits per heavy atom. The van der Waals surface area contributed by atoms with Gasteiger partial charge in [-0.3, -0.25) is 4.79 Å². The second-order valence-corrected chi connectivity index (χ2v) is 6.72. The highest BCUT2D eigenvalue weighted by molar-refractivity contribution is 6.14. The summed E-state index contributed by atoms with van der Waals surface area (Å²) in [7, 11) is 0. The second kappa shape index (κ2) is 5.51. The van der Waals surface area contributed by atoms with Gasteiger partial charge in [0.25, 0.3) is 0 Å². The van der Waals surface area contributed by atoms with Crippen molar-refractivity contribution in [1.82, 2.24) is 0 Å². The van der Waals surface area contributed by atoms with Crippen LogP contribution in [0.1, 0.15) is 33.8 Å². The molecule has 1 heterocycles. The molecule has 1 spiro atoms. The molecule has 26 heavy (non-hydrogen) atoms. The average molecular weight is 346 g/mol. The van der Waals surface area contributed by atoms with Crippen LogP contribution in [0.15, 0.2) is 79.4 Å². The topological polar surface area (TPSA) is 63.6 Å². The van der Waals surface area contributed by atoms with Crippen molar-refractivity contribution in [3.63, 3.8) is 0 Å². The molecule has 0 saturated carbocycles. The first kappa shape index (κ1) is 16.5. The van der Waals surface area contributed by atoms with E-state index in [-0.39, 0.29) is 12.0 Å². The smallest absolute Gasteiger partial charge is 0.335 e. The number of carbonyl (C=O) groups excluding carboxylic acids is 2. The lowest BCUT2D eigenvalue weighted by Crippen LogP contribution is -2.55. The molecule has 4 nitrogen and oxygen atoms in total. The molecule has 2 aromatic carbocycles. The SMILES string of the molecule is C=CC[C@@]1(O)c2ccccc2C(=O)[C@]12OC(=O)C(=C)[C@@H]2c1ccccc1. The van der Waals surface area contributed by atoms with Gasteiger partial charge in [-0.1, -0.05) is 67.3 Å². The molecule has 4 heteroatoms. The van der Waals surface area contributed by atoms with Crippen LogP contribution in [0.4, 0.5) is 0 Å². The van der Waals surface area contributed by atoms with E-state index in [0.29, 0.717) is 16.7 Å². The van der Waals surface area contributed by atoms with Crippen LogP contribution in [0.3, 0.4) is 0 Å². The van der Waals surface area contributed by atoms with Gasteiger partial charge in [-0.15, -0.1) is 6.58 Å². The Bertz CT molecular complexity index is 946.